The third-order valence-electron chi connectivity index (χ3n) is 4.54. The highest BCUT2D eigenvalue weighted by Crippen LogP contribution is 2.33. The molecule has 0 spiro atoms. The van der Waals surface area contributed by atoms with Gasteiger partial charge in [-0.3, -0.25) is 4.98 Å². The van der Waals surface area contributed by atoms with Crippen molar-refractivity contribution < 1.29 is 4.39 Å². The Hall–Kier alpha value is -2.74. The van der Waals surface area contributed by atoms with Gasteiger partial charge in [0.1, 0.15) is 5.82 Å². The molecule has 24 heavy (non-hydrogen) atoms. The highest BCUT2D eigenvalue weighted by atomic mass is 19.1. The summed E-state index contributed by atoms with van der Waals surface area (Å²) in [7, 11) is 0. The van der Waals surface area contributed by atoms with E-state index in [-0.39, 0.29) is 5.82 Å². The van der Waals surface area contributed by atoms with Crippen LogP contribution in [0.5, 0.6) is 0 Å². The van der Waals surface area contributed by atoms with Crippen LogP contribution in [-0.4, -0.2) is 4.98 Å². The molecule has 0 bridgehead atoms. The van der Waals surface area contributed by atoms with E-state index in [1.165, 1.54) is 11.1 Å². The van der Waals surface area contributed by atoms with Crippen molar-refractivity contribution in [1.82, 2.24) is 4.98 Å². The lowest BCUT2D eigenvalue weighted by Gasteiger charge is -2.11. The van der Waals surface area contributed by atoms with Crippen LogP contribution in [0, 0.1) is 26.6 Å². The maximum absolute atomic E-state index is 14.1. The van der Waals surface area contributed by atoms with Crippen molar-refractivity contribution in [2.45, 2.75) is 20.8 Å². The van der Waals surface area contributed by atoms with Crippen LogP contribution in [0.15, 0.2) is 54.7 Å². The van der Waals surface area contributed by atoms with Gasteiger partial charge in [0.2, 0.25) is 0 Å². The number of rotatable bonds is 1. The monoisotopic (exact) mass is 315 g/mol. The molecule has 118 valence electrons. The van der Waals surface area contributed by atoms with E-state index < -0.39 is 0 Å². The summed E-state index contributed by atoms with van der Waals surface area (Å²) in [5.41, 5.74) is 5.15. The normalized spacial score (nSPS) is 11.3. The number of fused-ring (bicyclic) bond motifs is 3. The molecular formula is C22H18FN. The Morgan fingerprint density at radius 2 is 1.50 bits per heavy atom. The van der Waals surface area contributed by atoms with E-state index in [2.05, 4.69) is 49.2 Å². The number of benzene rings is 3. The zero-order valence-corrected chi connectivity index (χ0v) is 14.0. The van der Waals surface area contributed by atoms with Gasteiger partial charge in [0, 0.05) is 17.1 Å². The second-order valence-electron chi connectivity index (χ2n) is 6.52. The molecule has 0 saturated carbocycles. The Bertz CT molecular complexity index is 1080. The van der Waals surface area contributed by atoms with Gasteiger partial charge >= 0.3 is 0 Å². The Morgan fingerprint density at radius 1 is 0.750 bits per heavy atom. The first-order valence-electron chi connectivity index (χ1n) is 8.09. The van der Waals surface area contributed by atoms with Gasteiger partial charge in [-0.05, 0) is 72.8 Å². The first-order valence-corrected chi connectivity index (χ1v) is 8.09. The summed E-state index contributed by atoms with van der Waals surface area (Å²) in [4.78, 5) is 4.61. The van der Waals surface area contributed by atoms with Crippen molar-refractivity contribution in [2.24, 2.45) is 0 Å². The van der Waals surface area contributed by atoms with Gasteiger partial charge in [0.15, 0.2) is 0 Å². The number of aromatic nitrogens is 1. The second kappa shape index (κ2) is 5.41. The summed E-state index contributed by atoms with van der Waals surface area (Å²) in [5.74, 6) is -0.167. The summed E-state index contributed by atoms with van der Waals surface area (Å²) in [5, 5.41) is 4.08. The van der Waals surface area contributed by atoms with Crippen LogP contribution in [-0.2, 0) is 0 Å². The molecule has 0 amide bonds. The third kappa shape index (κ3) is 2.35. The molecule has 3 aromatic carbocycles. The maximum Gasteiger partial charge on any atom is 0.126 e. The van der Waals surface area contributed by atoms with E-state index >= 15 is 0 Å². The molecule has 1 nitrogen and oxygen atoms in total. The van der Waals surface area contributed by atoms with Gasteiger partial charge in [-0.2, -0.15) is 0 Å². The molecule has 0 saturated heterocycles. The molecule has 0 aliphatic rings. The fourth-order valence-corrected chi connectivity index (χ4v) is 3.47. The quantitative estimate of drug-likeness (QED) is 0.386. The third-order valence-corrected chi connectivity index (χ3v) is 4.54. The first kappa shape index (κ1) is 14.8. The minimum atomic E-state index is -0.167. The van der Waals surface area contributed by atoms with Crippen molar-refractivity contribution >= 4 is 21.5 Å². The molecular weight excluding hydrogens is 297 g/mol. The molecule has 0 unspecified atom stereocenters. The van der Waals surface area contributed by atoms with Crippen molar-refractivity contribution in [2.75, 3.05) is 0 Å². The Balaban J connectivity index is 2.08. The molecule has 2 heteroatoms. The van der Waals surface area contributed by atoms with Crippen LogP contribution in [0.2, 0.25) is 0 Å². The number of hydrogen-bond acceptors (Lipinski definition) is 1. The predicted octanol–water partition coefficient (Wildman–Crippen LogP) is 6.12. The summed E-state index contributed by atoms with van der Waals surface area (Å²) >= 11 is 0. The highest BCUT2D eigenvalue weighted by molar-refractivity contribution is 6.11. The van der Waals surface area contributed by atoms with E-state index in [4.69, 9.17) is 0 Å². The standard InChI is InChI=1S/C22H18FN/c1-13-8-14(2)10-17(9-13)22-19-5-4-16-11-15(3)21(23)12-20(16)18(19)6-7-24-22/h4-12H,1-3H3. The van der Waals surface area contributed by atoms with Crippen LogP contribution >= 0.6 is 0 Å². The number of pyridine rings is 1. The van der Waals surface area contributed by atoms with Crippen LogP contribution in [0.25, 0.3) is 32.8 Å². The minimum absolute atomic E-state index is 0.167. The molecule has 0 aliphatic carbocycles. The molecule has 0 N–H and O–H groups in total. The van der Waals surface area contributed by atoms with Crippen LogP contribution in [0.3, 0.4) is 0 Å². The smallest absolute Gasteiger partial charge is 0.126 e. The van der Waals surface area contributed by atoms with Crippen molar-refractivity contribution in [3.05, 3.63) is 77.2 Å². The number of nitrogens with zero attached hydrogens (tertiary/aromatic N) is 1. The van der Waals surface area contributed by atoms with Gasteiger partial charge in [0.25, 0.3) is 0 Å². The van der Waals surface area contributed by atoms with Crippen molar-refractivity contribution in [1.29, 1.82) is 0 Å². The van der Waals surface area contributed by atoms with Gasteiger partial charge in [-0.25, -0.2) is 4.39 Å². The van der Waals surface area contributed by atoms with Crippen LogP contribution in [0.4, 0.5) is 4.39 Å². The van der Waals surface area contributed by atoms with E-state index in [0.717, 1.165) is 32.8 Å². The van der Waals surface area contributed by atoms with Crippen LogP contribution in [0.1, 0.15) is 16.7 Å². The number of hydrogen-bond donors (Lipinski definition) is 0. The lowest BCUT2D eigenvalue weighted by molar-refractivity contribution is 0.620. The van der Waals surface area contributed by atoms with E-state index in [1.54, 1.807) is 13.0 Å². The highest BCUT2D eigenvalue weighted by Gasteiger charge is 2.10. The number of aryl methyl sites for hydroxylation is 3. The van der Waals surface area contributed by atoms with E-state index in [9.17, 15) is 4.39 Å². The molecule has 0 aliphatic heterocycles. The van der Waals surface area contributed by atoms with Crippen LogP contribution < -0.4 is 0 Å². The molecule has 4 rings (SSSR count). The van der Waals surface area contributed by atoms with Gasteiger partial charge in [-0.15, -0.1) is 0 Å². The second-order valence-corrected chi connectivity index (χ2v) is 6.52. The predicted molar refractivity (Wildman–Crippen MR) is 98.9 cm³/mol. The molecule has 0 atom stereocenters. The topological polar surface area (TPSA) is 12.9 Å². The zero-order valence-electron chi connectivity index (χ0n) is 14.0. The largest absolute Gasteiger partial charge is 0.256 e. The average Bonchev–Trinajstić information content (AvgIpc) is 2.54. The molecule has 1 heterocycles. The summed E-state index contributed by atoms with van der Waals surface area (Å²) in [6.07, 6.45) is 1.81. The summed E-state index contributed by atoms with van der Waals surface area (Å²) < 4.78 is 14.1. The van der Waals surface area contributed by atoms with Gasteiger partial charge in [0.05, 0.1) is 5.69 Å². The van der Waals surface area contributed by atoms with E-state index in [0.29, 0.717) is 5.56 Å². The molecule has 0 radical (unpaired) electrons. The minimum Gasteiger partial charge on any atom is -0.256 e. The van der Waals surface area contributed by atoms with Crippen molar-refractivity contribution in [3.63, 3.8) is 0 Å². The molecule has 1 aromatic heterocycles. The Morgan fingerprint density at radius 3 is 2.25 bits per heavy atom. The number of halogens is 1. The zero-order chi connectivity index (χ0) is 16.8. The fraction of sp³-hybridized carbons (Fsp3) is 0.136. The van der Waals surface area contributed by atoms with Crippen molar-refractivity contribution in [3.8, 4) is 11.3 Å². The first-order chi connectivity index (χ1) is 11.5. The SMILES string of the molecule is Cc1cc(C)cc(-c2nccc3c2ccc2cc(C)c(F)cc23)c1. The van der Waals surface area contributed by atoms with E-state index in [1.807, 2.05) is 18.3 Å². The Kier molecular flexibility index (Phi) is 3.34. The van der Waals surface area contributed by atoms with Gasteiger partial charge < -0.3 is 0 Å². The Labute approximate surface area is 140 Å². The fourth-order valence-electron chi connectivity index (χ4n) is 3.47. The molecule has 0 fully saturated rings. The average molecular weight is 315 g/mol. The lowest BCUT2D eigenvalue weighted by Crippen LogP contribution is -1.90. The van der Waals surface area contributed by atoms with Gasteiger partial charge in [-0.1, -0.05) is 29.3 Å². The summed E-state index contributed by atoms with van der Waals surface area (Å²) in [6, 6.07) is 16.1. The lowest BCUT2D eigenvalue weighted by atomic mass is 9.96. The maximum atomic E-state index is 14.1. The summed E-state index contributed by atoms with van der Waals surface area (Å²) in [6.45, 7) is 5.98. The molecule has 4 aromatic rings.